The number of aryl methyl sites for hydroxylation is 1. The second-order valence-corrected chi connectivity index (χ2v) is 6.57. The third-order valence-electron chi connectivity index (χ3n) is 4.32. The molecule has 0 saturated carbocycles. The molecule has 1 aliphatic heterocycles. The van der Waals surface area contributed by atoms with E-state index in [9.17, 15) is 4.79 Å². The number of carbonyl (C=O) groups is 1. The Labute approximate surface area is 147 Å². The molecular weight excluding hydrogens is 326 g/mol. The molecule has 0 spiro atoms. The van der Waals surface area contributed by atoms with E-state index in [2.05, 4.69) is 15.4 Å². The summed E-state index contributed by atoms with van der Waals surface area (Å²) >= 11 is 6.03. The molecule has 1 amide bonds. The van der Waals surface area contributed by atoms with Crippen LogP contribution in [0, 0.1) is 6.92 Å². The highest BCUT2D eigenvalue weighted by molar-refractivity contribution is 6.30. The van der Waals surface area contributed by atoms with E-state index >= 15 is 0 Å². The number of hydrogen-bond acceptors (Lipinski definition) is 4. The van der Waals surface area contributed by atoms with Crippen LogP contribution in [-0.4, -0.2) is 42.1 Å². The number of carbonyl (C=O) groups excluding carboxylic acids is 1. The lowest BCUT2D eigenvalue weighted by Crippen LogP contribution is -2.29. The third kappa shape index (κ3) is 3.97. The largest absolute Gasteiger partial charge is 0.360 e. The molecule has 6 heteroatoms. The van der Waals surface area contributed by atoms with Crippen LogP contribution in [0.1, 0.15) is 35.4 Å². The molecule has 5 nitrogen and oxygen atoms in total. The minimum Gasteiger partial charge on any atom is -0.360 e. The molecule has 1 fully saturated rings. The van der Waals surface area contributed by atoms with E-state index in [4.69, 9.17) is 16.1 Å². The second kappa shape index (κ2) is 7.81. The van der Waals surface area contributed by atoms with Gasteiger partial charge in [-0.2, -0.15) is 0 Å². The summed E-state index contributed by atoms with van der Waals surface area (Å²) in [6, 6.07) is 7.27. The average molecular weight is 348 g/mol. The van der Waals surface area contributed by atoms with Crippen LogP contribution in [0.3, 0.4) is 0 Å². The molecule has 3 rings (SSSR count). The Morgan fingerprint density at radius 2 is 2.17 bits per heavy atom. The van der Waals surface area contributed by atoms with Crippen molar-refractivity contribution in [1.29, 1.82) is 0 Å². The molecule has 1 N–H and O–H groups in total. The van der Waals surface area contributed by atoms with Crippen LogP contribution in [-0.2, 0) is 0 Å². The van der Waals surface area contributed by atoms with Gasteiger partial charge in [0, 0.05) is 17.1 Å². The number of benzene rings is 1. The standard InChI is InChI=1S/C18H22ClN3O2/c1-13-16(17(21-24-13)14-6-4-7-15(19)12-14)18(23)20-8-5-11-22-9-2-3-10-22/h4,6-7,12H,2-3,5,8-11H2,1H3,(H,20,23). The van der Waals surface area contributed by atoms with Crippen molar-refractivity contribution in [1.82, 2.24) is 15.4 Å². The van der Waals surface area contributed by atoms with Crippen molar-refractivity contribution in [3.05, 3.63) is 40.6 Å². The average Bonchev–Trinajstić information content (AvgIpc) is 3.21. The number of aromatic nitrogens is 1. The van der Waals surface area contributed by atoms with Gasteiger partial charge in [0.25, 0.3) is 5.91 Å². The minimum absolute atomic E-state index is 0.148. The maximum atomic E-state index is 12.5. The predicted molar refractivity (Wildman–Crippen MR) is 94.3 cm³/mol. The summed E-state index contributed by atoms with van der Waals surface area (Å²) in [5.41, 5.74) is 1.80. The quantitative estimate of drug-likeness (QED) is 0.812. The van der Waals surface area contributed by atoms with Crippen molar-refractivity contribution >= 4 is 17.5 Å². The Morgan fingerprint density at radius 1 is 1.38 bits per heavy atom. The SMILES string of the molecule is Cc1onc(-c2cccc(Cl)c2)c1C(=O)NCCCN1CCCC1. The molecule has 0 atom stereocenters. The van der Waals surface area contributed by atoms with Gasteiger partial charge in [0.2, 0.25) is 0 Å². The summed E-state index contributed by atoms with van der Waals surface area (Å²) in [5, 5.41) is 7.61. The fourth-order valence-corrected chi connectivity index (χ4v) is 3.26. The zero-order chi connectivity index (χ0) is 16.9. The van der Waals surface area contributed by atoms with E-state index in [0.29, 0.717) is 28.6 Å². The van der Waals surface area contributed by atoms with Gasteiger partial charge in [-0.05, 0) is 58.0 Å². The lowest BCUT2D eigenvalue weighted by Gasteiger charge is -2.14. The molecule has 128 valence electrons. The molecule has 0 bridgehead atoms. The van der Waals surface area contributed by atoms with Gasteiger partial charge in [0.15, 0.2) is 0 Å². The van der Waals surface area contributed by atoms with Gasteiger partial charge in [-0.15, -0.1) is 0 Å². The Kier molecular flexibility index (Phi) is 5.53. The van der Waals surface area contributed by atoms with Crippen LogP contribution in [0.25, 0.3) is 11.3 Å². The normalized spacial score (nSPS) is 14.9. The Bertz CT molecular complexity index is 708. The molecule has 1 saturated heterocycles. The molecule has 24 heavy (non-hydrogen) atoms. The van der Waals surface area contributed by atoms with Crippen LogP contribution in [0.2, 0.25) is 5.02 Å². The van der Waals surface area contributed by atoms with E-state index in [1.807, 2.05) is 12.1 Å². The molecule has 1 aliphatic rings. The first-order chi connectivity index (χ1) is 11.6. The zero-order valence-corrected chi connectivity index (χ0v) is 14.6. The van der Waals surface area contributed by atoms with Gasteiger partial charge < -0.3 is 14.7 Å². The Morgan fingerprint density at radius 3 is 2.92 bits per heavy atom. The molecule has 1 aromatic carbocycles. The van der Waals surface area contributed by atoms with Crippen molar-refractivity contribution < 1.29 is 9.32 Å². The van der Waals surface area contributed by atoms with Crippen molar-refractivity contribution in [2.75, 3.05) is 26.2 Å². The smallest absolute Gasteiger partial charge is 0.257 e. The van der Waals surface area contributed by atoms with E-state index in [1.165, 1.54) is 25.9 Å². The molecular formula is C18H22ClN3O2. The lowest BCUT2D eigenvalue weighted by atomic mass is 10.1. The van der Waals surface area contributed by atoms with Crippen molar-refractivity contribution in [2.24, 2.45) is 0 Å². The number of nitrogens with zero attached hydrogens (tertiary/aromatic N) is 2. The van der Waals surface area contributed by atoms with Crippen LogP contribution in [0.4, 0.5) is 0 Å². The summed E-state index contributed by atoms with van der Waals surface area (Å²) in [7, 11) is 0. The first-order valence-corrected chi connectivity index (χ1v) is 8.75. The number of nitrogens with one attached hydrogen (secondary N) is 1. The Balaban J connectivity index is 1.63. The molecule has 0 unspecified atom stereocenters. The predicted octanol–water partition coefficient (Wildman–Crippen LogP) is 3.52. The van der Waals surface area contributed by atoms with E-state index < -0.39 is 0 Å². The number of halogens is 1. The fraction of sp³-hybridized carbons (Fsp3) is 0.444. The number of amides is 1. The van der Waals surface area contributed by atoms with Crippen LogP contribution < -0.4 is 5.32 Å². The van der Waals surface area contributed by atoms with Crippen LogP contribution >= 0.6 is 11.6 Å². The summed E-state index contributed by atoms with van der Waals surface area (Å²) in [4.78, 5) is 15.0. The molecule has 0 aliphatic carbocycles. The van der Waals surface area contributed by atoms with Gasteiger partial charge in [0.1, 0.15) is 17.0 Å². The highest BCUT2D eigenvalue weighted by Crippen LogP contribution is 2.27. The molecule has 0 radical (unpaired) electrons. The van der Waals surface area contributed by atoms with Crippen molar-refractivity contribution in [2.45, 2.75) is 26.2 Å². The third-order valence-corrected chi connectivity index (χ3v) is 4.56. The summed E-state index contributed by atoms with van der Waals surface area (Å²) in [6.45, 7) is 5.79. The number of hydrogen-bond donors (Lipinski definition) is 1. The highest BCUT2D eigenvalue weighted by atomic mass is 35.5. The topological polar surface area (TPSA) is 58.4 Å². The number of likely N-dealkylation sites (tertiary alicyclic amines) is 1. The maximum absolute atomic E-state index is 12.5. The van der Waals surface area contributed by atoms with E-state index in [-0.39, 0.29) is 5.91 Å². The van der Waals surface area contributed by atoms with Gasteiger partial charge >= 0.3 is 0 Å². The highest BCUT2D eigenvalue weighted by Gasteiger charge is 2.21. The molecule has 2 aromatic rings. The minimum atomic E-state index is -0.148. The molecule has 2 heterocycles. The Hall–Kier alpha value is -1.85. The second-order valence-electron chi connectivity index (χ2n) is 6.13. The molecule has 1 aromatic heterocycles. The monoisotopic (exact) mass is 347 g/mol. The lowest BCUT2D eigenvalue weighted by molar-refractivity contribution is 0.0951. The van der Waals surface area contributed by atoms with E-state index in [1.54, 1.807) is 19.1 Å². The summed E-state index contributed by atoms with van der Waals surface area (Å²) in [5.74, 6) is 0.368. The summed E-state index contributed by atoms with van der Waals surface area (Å²) in [6.07, 6.45) is 3.52. The first kappa shape index (κ1) is 17.0. The van der Waals surface area contributed by atoms with Crippen molar-refractivity contribution in [3.63, 3.8) is 0 Å². The van der Waals surface area contributed by atoms with Crippen LogP contribution in [0.15, 0.2) is 28.8 Å². The number of rotatable bonds is 6. The zero-order valence-electron chi connectivity index (χ0n) is 13.8. The van der Waals surface area contributed by atoms with Gasteiger partial charge in [0.05, 0.1) is 0 Å². The maximum Gasteiger partial charge on any atom is 0.257 e. The van der Waals surface area contributed by atoms with Gasteiger partial charge in [-0.1, -0.05) is 28.9 Å². The summed E-state index contributed by atoms with van der Waals surface area (Å²) < 4.78 is 5.24. The van der Waals surface area contributed by atoms with E-state index in [0.717, 1.165) is 18.5 Å². The van der Waals surface area contributed by atoms with Crippen LogP contribution in [0.5, 0.6) is 0 Å². The van der Waals surface area contributed by atoms with Crippen molar-refractivity contribution in [3.8, 4) is 11.3 Å². The van der Waals surface area contributed by atoms with Gasteiger partial charge in [-0.25, -0.2) is 0 Å². The fourth-order valence-electron chi connectivity index (χ4n) is 3.07. The first-order valence-electron chi connectivity index (χ1n) is 8.38. The van der Waals surface area contributed by atoms with Gasteiger partial charge in [-0.3, -0.25) is 4.79 Å².